The second-order valence-corrected chi connectivity index (χ2v) is 4.38. The summed E-state index contributed by atoms with van der Waals surface area (Å²) < 4.78 is 0. The molecule has 0 aliphatic heterocycles. The lowest BCUT2D eigenvalue weighted by Gasteiger charge is -1.94. The smallest absolute Gasteiger partial charge is 0.313 e. The molecule has 0 aliphatic rings. The van der Waals surface area contributed by atoms with E-state index in [0.717, 1.165) is 11.1 Å². The first-order valence-corrected chi connectivity index (χ1v) is 6.35. The Morgan fingerprint density at radius 1 is 1.00 bits per heavy atom. The molecule has 2 aromatic carbocycles. The monoisotopic (exact) mass is 285 g/mol. The second-order valence-electron chi connectivity index (χ2n) is 3.94. The van der Waals surface area contributed by atoms with Crippen LogP contribution in [0.1, 0.15) is 11.1 Å². The Morgan fingerprint density at radius 3 is 2.40 bits per heavy atom. The van der Waals surface area contributed by atoms with Crippen molar-refractivity contribution in [2.75, 3.05) is 0 Å². The quantitative estimate of drug-likeness (QED) is 0.369. The summed E-state index contributed by atoms with van der Waals surface area (Å²) in [7, 11) is 0. The number of hydrogen-bond donors (Lipinski definition) is 0. The van der Waals surface area contributed by atoms with Crippen LogP contribution >= 0.6 is 11.6 Å². The topological polar surface area (TPSA) is 38.7 Å². The van der Waals surface area contributed by atoms with Crippen LogP contribution in [0.4, 0.5) is 0 Å². The van der Waals surface area contributed by atoms with Gasteiger partial charge in [0.1, 0.15) is 0 Å². The maximum absolute atomic E-state index is 11.4. The molecule has 0 saturated carbocycles. The molecule has 2 rings (SSSR count). The normalized spacial score (nSPS) is 11.1. The highest BCUT2D eigenvalue weighted by Crippen LogP contribution is 2.08. The highest BCUT2D eigenvalue weighted by molar-refractivity contribution is 6.30. The maximum Gasteiger partial charge on any atom is 0.358 e. The molecule has 0 aliphatic carbocycles. The standard InChI is InChI=1S/C16H12ClNO2/c17-15-9-6-14(7-10-15)12-18-20-16(19)11-8-13-4-2-1-3-5-13/h1-12H. The summed E-state index contributed by atoms with van der Waals surface area (Å²) in [5, 5.41) is 4.26. The molecule has 20 heavy (non-hydrogen) atoms. The van der Waals surface area contributed by atoms with Crippen molar-refractivity contribution in [3.63, 3.8) is 0 Å². The van der Waals surface area contributed by atoms with E-state index in [1.807, 2.05) is 30.3 Å². The molecule has 100 valence electrons. The Balaban J connectivity index is 1.86. The van der Waals surface area contributed by atoms with Crippen LogP contribution in [0.2, 0.25) is 5.02 Å². The molecule has 0 heterocycles. The van der Waals surface area contributed by atoms with Crippen molar-refractivity contribution in [2.45, 2.75) is 0 Å². The summed E-state index contributed by atoms with van der Waals surface area (Å²) in [6.07, 6.45) is 4.44. The molecule has 0 radical (unpaired) electrons. The van der Waals surface area contributed by atoms with Crippen molar-refractivity contribution in [1.29, 1.82) is 0 Å². The molecule has 0 fully saturated rings. The predicted octanol–water partition coefficient (Wildman–Crippen LogP) is 3.93. The Kier molecular flexibility index (Phi) is 5.09. The van der Waals surface area contributed by atoms with Crippen molar-refractivity contribution in [3.8, 4) is 0 Å². The maximum atomic E-state index is 11.4. The van der Waals surface area contributed by atoms with Crippen LogP contribution in [0.15, 0.2) is 65.8 Å². The van der Waals surface area contributed by atoms with Gasteiger partial charge in [0.25, 0.3) is 0 Å². The molecule has 0 spiro atoms. The average molecular weight is 286 g/mol. The van der Waals surface area contributed by atoms with Gasteiger partial charge in [-0.1, -0.05) is 59.2 Å². The van der Waals surface area contributed by atoms with E-state index in [4.69, 9.17) is 16.4 Å². The zero-order chi connectivity index (χ0) is 14.2. The van der Waals surface area contributed by atoms with Crippen molar-refractivity contribution in [2.24, 2.45) is 5.16 Å². The molecule has 0 aromatic heterocycles. The first kappa shape index (κ1) is 14.0. The summed E-state index contributed by atoms with van der Waals surface area (Å²) in [5.41, 5.74) is 1.72. The molecule has 0 unspecified atom stereocenters. The molecule has 3 nitrogen and oxygen atoms in total. The number of benzene rings is 2. The number of hydrogen-bond acceptors (Lipinski definition) is 3. The third-order valence-electron chi connectivity index (χ3n) is 2.43. The van der Waals surface area contributed by atoms with Crippen LogP contribution in [-0.4, -0.2) is 12.2 Å². The minimum atomic E-state index is -0.529. The van der Waals surface area contributed by atoms with Crippen LogP contribution in [0.25, 0.3) is 6.08 Å². The molecular formula is C16H12ClNO2. The van der Waals surface area contributed by atoms with Crippen LogP contribution in [0.5, 0.6) is 0 Å². The largest absolute Gasteiger partial charge is 0.358 e. The number of halogens is 1. The molecule has 0 N–H and O–H groups in total. The third kappa shape index (κ3) is 4.71. The van der Waals surface area contributed by atoms with E-state index in [0.29, 0.717) is 5.02 Å². The number of oxime groups is 1. The van der Waals surface area contributed by atoms with Crippen LogP contribution in [0.3, 0.4) is 0 Å². The lowest BCUT2D eigenvalue weighted by molar-refractivity contribution is -0.137. The summed E-state index contributed by atoms with van der Waals surface area (Å²) in [6, 6.07) is 16.5. The number of rotatable bonds is 4. The van der Waals surface area contributed by atoms with Crippen molar-refractivity contribution >= 4 is 29.9 Å². The van der Waals surface area contributed by atoms with Gasteiger partial charge in [0.15, 0.2) is 0 Å². The molecular weight excluding hydrogens is 274 g/mol. The Hall–Kier alpha value is -2.39. The van der Waals surface area contributed by atoms with Gasteiger partial charge in [0, 0.05) is 11.1 Å². The molecule has 0 bridgehead atoms. The first-order chi connectivity index (χ1) is 9.74. The molecule has 2 aromatic rings. The average Bonchev–Trinajstić information content (AvgIpc) is 2.48. The second kappa shape index (κ2) is 7.26. The minimum Gasteiger partial charge on any atom is -0.313 e. The molecule has 0 amide bonds. The Labute approximate surface area is 122 Å². The fourth-order valence-electron chi connectivity index (χ4n) is 1.45. The van der Waals surface area contributed by atoms with Crippen LogP contribution in [0, 0.1) is 0 Å². The van der Waals surface area contributed by atoms with E-state index < -0.39 is 5.97 Å². The van der Waals surface area contributed by atoms with Gasteiger partial charge in [-0.2, -0.15) is 0 Å². The van der Waals surface area contributed by atoms with Gasteiger partial charge in [0.2, 0.25) is 0 Å². The van der Waals surface area contributed by atoms with Crippen LogP contribution in [-0.2, 0) is 9.63 Å². The van der Waals surface area contributed by atoms with Gasteiger partial charge in [0.05, 0.1) is 6.21 Å². The number of nitrogens with zero attached hydrogens (tertiary/aromatic N) is 1. The zero-order valence-corrected chi connectivity index (χ0v) is 11.3. The highest BCUT2D eigenvalue weighted by Gasteiger charge is 1.95. The van der Waals surface area contributed by atoms with E-state index >= 15 is 0 Å². The Morgan fingerprint density at radius 2 is 1.70 bits per heavy atom. The molecule has 4 heteroatoms. The van der Waals surface area contributed by atoms with E-state index in [2.05, 4.69) is 5.16 Å². The fourth-order valence-corrected chi connectivity index (χ4v) is 1.57. The van der Waals surface area contributed by atoms with Crippen molar-refractivity contribution < 1.29 is 9.63 Å². The van der Waals surface area contributed by atoms with Gasteiger partial charge in [-0.3, -0.25) is 0 Å². The lowest BCUT2D eigenvalue weighted by Crippen LogP contribution is -1.94. The lowest BCUT2D eigenvalue weighted by atomic mass is 10.2. The molecule has 0 saturated heterocycles. The first-order valence-electron chi connectivity index (χ1n) is 5.97. The van der Waals surface area contributed by atoms with Gasteiger partial charge in [-0.25, -0.2) is 4.79 Å². The highest BCUT2D eigenvalue weighted by atomic mass is 35.5. The minimum absolute atomic E-state index is 0.529. The number of carbonyl (C=O) groups is 1. The van der Waals surface area contributed by atoms with E-state index in [-0.39, 0.29) is 0 Å². The van der Waals surface area contributed by atoms with E-state index in [1.54, 1.807) is 30.3 Å². The molecule has 0 atom stereocenters. The van der Waals surface area contributed by atoms with E-state index in [9.17, 15) is 4.79 Å². The fraction of sp³-hybridized carbons (Fsp3) is 0. The summed E-state index contributed by atoms with van der Waals surface area (Å²) in [4.78, 5) is 16.1. The van der Waals surface area contributed by atoms with Gasteiger partial charge in [-0.15, -0.1) is 0 Å². The van der Waals surface area contributed by atoms with Crippen LogP contribution < -0.4 is 0 Å². The SMILES string of the molecule is O=C(C=Cc1ccccc1)ON=Cc1ccc(Cl)cc1. The van der Waals surface area contributed by atoms with Gasteiger partial charge < -0.3 is 4.84 Å². The van der Waals surface area contributed by atoms with Gasteiger partial charge in [-0.05, 0) is 29.3 Å². The summed E-state index contributed by atoms with van der Waals surface area (Å²) >= 11 is 5.76. The van der Waals surface area contributed by atoms with E-state index in [1.165, 1.54) is 12.3 Å². The Bertz CT molecular complexity index is 619. The zero-order valence-electron chi connectivity index (χ0n) is 10.6. The number of carbonyl (C=O) groups excluding carboxylic acids is 1. The third-order valence-corrected chi connectivity index (χ3v) is 2.68. The summed E-state index contributed by atoms with van der Waals surface area (Å²) in [5.74, 6) is -0.529. The van der Waals surface area contributed by atoms with Crippen molar-refractivity contribution in [1.82, 2.24) is 0 Å². The predicted molar refractivity (Wildman–Crippen MR) is 80.6 cm³/mol. The van der Waals surface area contributed by atoms with Gasteiger partial charge >= 0.3 is 5.97 Å². The summed E-state index contributed by atoms with van der Waals surface area (Å²) in [6.45, 7) is 0. The van der Waals surface area contributed by atoms with Crippen molar-refractivity contribution in [3.05, 3.63) is 76.8 Å².